The first-order valence-corrected chi connectivity index (χ1v) is 16.1. The van der Waals surface area contributed by atoms with Gasteiger partial charge in [0.2, 0.25) is 0 Å². The highest BCUT2D eigenvalue weighted by Gasteiger charge is 2.21. The molecule has 0 radical (unpaired) electrons. The summed E-state index contributed by atoms with van der Waals surface area (Å²) in [6.07, 6.45) is 0. The maximum Gasteiger partial charge on any atom is 0.137 e. The maximum absolute atomic E-state index is 6.43. The number of benzene rings is 8. The molecule has 0 atom stereocenters. The molecule has 10 aromatic rings. The van der Waals surface area contributed by atoms with Crippen LogP contribution in [0.3, 0.4) is 0 Å². The predicted octanol–water partition coefficient (Wildman–Crippen LogP) is 12.9. The summed E-state index contributed by atoms with van der Waals surface area (Å²) in [6.45, 7) is 0. The van der Waals surface area contributed by atoms with Crippen molar-refractivity contribution in [2.75, 3.05) is 4.90 Å². The monoisotopic (exact) mass is 591 g/mol. The van der Waals surface area contributed by atoms with Gasteiger partial charge in [0.15, 0.2) is 0 Å². The lowest BCUT2D eigenvalue weighted by Gasteiger charge is -2.28. The van der Waals surface area contributed by atoms with Crippen LogP contribution in [-0.2, 0) is 0 Å². The number of nitrogens with zero attached hydrogens (tertiary/aromatic N) is 1. The maximum atomic E-state index is 6.43. The van der Waals surface area contributed by atoms with E-state index >= 15 is 0 Å². The van der Waals surface area contributed by atoms with E-state index in [1.807, 2.05) is 23.5 Å². The van der Waals surface area contributed by atoms with Crippen LogP contribution in [0.5, 0.6) is 0 Å². The Labute approximate surface area is 263 Å². The molecule has 10 rings (SSSR count). The van der Waals surface area contributed by atoms with Crippen LogP contribution in [0.25, 0.3) is 74.4 Å². The van der Waals surface area contributed by atoms with Gasteiger partial charge >= 0.3 is 0 Å². The first-order chi connectivity index (χ1) is 22.3. The molecule has 0 bridgehead atoms. The average molecular weight is 592 g/mol. The Morgan fingerprint density at radius 2 is 1.04 bits per heavy atom. The second-order valence-electron chi connectivity index (χ2n) is 11.7. The van der Waals surface area contributed by atoms with Gasteiger partial charge < -0.3 is 9.32 Å². The Morgan fingerprint density at radius 3 is 1.96 bits per heavy atom. The lowest BCUT2D eigenvalue weighted by atomic mass is 9.94. The number of fused-ring (bicyclic) bond motifs is 11. The normalized spacial score (nSPS) is 12.0. The van der Waals surface area contributed by atoms with E-state index in [9.17, 15) is 0 Å². The van der Waals surface area contributed by atoms with E-state index in [0.29, 0.717) is 0 Å². The van der Waals surface area contributed by atoms with E-state index in [-0.39, 0.29) is 0 Å². The lowest BCUT2D eigenvalue weighted by Crippen LogP contribution is -2.10. The fourth-order valence-electron chi connectivity index (χ4n) is 7.17. The topological polar surface area (TPSA) is 16.4 Å². The van der Waals surface area contributed by atoms with Crippen molar-refractivity contribution in [1.29, 1.82) is 0 Å². The van der Waals surface area contributed by atoms with Crippen LogP contribution in [0.1, 0.15) is 0 Å². The van der Waals surface area contributed by atoms with Crippen LogP contribution >= 0.6 is 11.3 Å². The molecule has 8 aromatic carbocycles. The first kappa shape index (κ1) is 24.8. The Morgan fingerprint density at radius 1 is 0.400 bits per heavy atom. The highest BCUT2D eigenvalue weighted by Crippen LogP contribution is 2.47. The second-order valence-corrected chi connectivity index (χ2v) is 12.8. The van der Waals surface area contributed by atoms with Gasteiger partial charge in [-0.25, -0.2) is 0 Å². The summed E-state index contributed by atoms with van der Waals surface area (Å²) in [4.78, 5) is 2.43. The molecule has 0 unspecified atom stereocenters. The van der Waals surface area contributed by atoms with Crippen LogP contribution in [0.4, 0.5) is 17.1 Å². The molecule has 0 amide bonds. The minimum atomic E-state index is 0.885. The Hall–Kier alpha value is -5.64. The fraction of sp³-hybridized carbons (Fsp3) is 0. The third-order valence-corrected chi connectivity index (χ3v) is 10.4. The molecular formula is C42H25NOS. The van der Waals surface area contributed by atoms with Gasteiger partial charge in [-0.2, -0.15) is 0 Å². The van der Waals surface area contributed by atoms with Crippen LogP contribution in [-0.4, -0.2) is 0 Å². The summed E-state index contributed by atoms with van der Waals surface area (Å²) in [5.74, 6) is 0. The molecule has 0 saturated carbocycles. The standard InChI is InChI=1S/C42H25NOS/c1-4-12-31-26(9-1)17-20-35-30-11-3-2-10-27(30)23-37(42(31)35)43(28-19-22-41-36(24-28)34-14-6-8-16-40(34)45-41)29-18-21-33-32-13-5-7-15-38(32)44-39(33)25-29/h1-25H. The molecule has 2 heterocycles. The Kier molecular flexibility index (Phi) is 5.19. The molecular weight excluding hydrogens is 567 g/mol. The van der Waals surface area contributed by atoms with Gasteiger partial charge in [0, 0.05) is 53.8 Å². The van der Waals surface area contributed by atoms with Gasteiger partial charge in [-0.15, -0.1) is 11.3 Å². The molecule has 0 fully saturated rings. The summed E-state index contributed by atoms with van der Waals surface area (Å²) in [5, 5.41) is 12.3. The van der Waals surface area contributed by atoms with Gasteiger partial charge in [-0.05, 0) is 75.5 Å². The molecule has 45 heavy (non-hydrogen) atoms. The number of hydrogen-bond donors (Lipinski definition) is 0. The Balaban J connectivity index is 1.34. The zero-order chi connectivity index (χ0) is 29.5. The Bertz CT molecular complexity index is 2790. The number of anilines is 3. The second kappa shape index (κ2) is 9.43. The van der Waals surface area contributed by atoms with Gasteiger partial charge in [-0.1, -0.05) is 97.1 Å². The van der Waals surface area contributed by atoms with Crippen LogP contribution in [0.2, 0.25) is 0 Å². The lowest BCUT2D eigenvalue weighted by molar-refractivity contribution is 0.669. The van der Waals surface area contributed by atoms with E-state index in [0.717, 1.165) is 39.0 Å². The molecule has 0 N–H and O–H groups in total. The third-order valence-electron chi connectivity index (χ3n) is 9.21. The van der Waals surface area contributed by atoms with Crippen molar-refractivity contribution in [3.05, 3.63) is 152 Å². The summed E-state index contributed by atoms with van der Waals surface area (Å²) in [6, 6.07) is 55.0. The zero-order valence-electron chi connectivity index (χ0n) is 24.2. The van der Waals surface area contributed by atoms with Crippen LogP contribution < -0.4 is 4.90 Å². The van der Waals surface area contributed by atoms with Crippen molar-refractivity contribution in [2.45, 2.75) is 0 Å². The van der Waals surface area contributed by atoms with Gasteiger partial charge in [-0.3, -0.25) is 0 Å². The van der Waals surface area contributed by atoms with Gasteiger partial charge in [0.1, 0.15) is 11.2 Å². The highest BCUT2D eigenvalue weighted by atomic mass is 32.1. The van der Waals surface area contributed by atoms with Crippen molar-refractivity contribution < 1.29 is 4.42 Å². The quantitative estimate of drug-likeness (QED) is 0.190. The SMILES string of the molecule is c1ccc2c(c1)cc(N(c1ccc3c(c1)oc1ccccc13)c1ccc3sc4ccccc4c3c1)c1c3ccccc3ccc21. The first-order valence-electron chi connectivity index (χ1n) is 15.3. The summed E-state index contributed by atoms with van der Waals surface area (Å²) < 4.78 is 9.03. The van der Waals surface area contributed by atoms with E-state index in [2.05, 4.69) is 144 Å². The number of furan rings is 1. The van der Waals surface area contributed by atoms with Crippen molar-refractivity contribution in [3.8, 4) is 0 Å². The van der Waals surface area contributed by atoms with E-state index in [1.54, 1.807) is 0 Å². The molecule has 0 aliphatic heterocycles. The molecule has 210 valence electrons. The summed E-state index contributed by atoms with van der Waals surface area (Å²) >= 11 is 1.85. The minimum absolute atomic E-state index is 0.885. The smallest absolute Gasteiger partial charge is 0.137 e. The average Bonchev–Trinajstić information content (AvgIpc) is 3.66. The molecule has 0 aliphatic rings. The van der Waals surface area contributed by atoms with Gasteiger partial charge in [0.25, 0.3) is 0 Å². The molecule has 0 spiro atoms. The highest BCUT2D eigenvalue weighted by molar-refractivity contribution is 7.25. The van der Waals surface area contributed by atoms with E-state index in [4.69, 9.17) is 4.42 Å². The number of hydrogen-bond acceptors (Lipinski definition) is 3. The van der Waals surface area contributed by atoms with Crippen LogP contribution in [0, 0.1) is 0 Å². The zero-order valence-corrected chi connectivity index (χ0v) is 25.0. The van der Waals surface area contributed by atoms with Crippen molar-refractivity contribution in [3.63, 3.8) is 0 Å². The van der Waals surface area contributed by atoms with Crippen molar-refractivity contribution in [1.82, 2.24) is 0 Å². The fourth-order valence-corrected chi connectivity index (χ4v) is 8.26. The van der Waals surface area contributed by atoms with E-state index < -0.39 is 0 Å². The van der Waals surface area contributed by atoms with Gasteiger partial charge in [0.05, 0.1) is 5.69 Å². The minimum Gasteiger partial charge on any atom is -0.456 e. The van der Waals surface area contributed by atoms with E-state index in [1.165, 1.54) is 52.5 Å². The summed E-state index contributed by atoms with van der Waals surface area (Å²) in [7, 11) is 0. The molecule has 0 aliphatic carbocycles. The molecule has 0 saturated heterocycles. The molecule has 3 heteroatoms. The molecule has 2 nitrogen and oxygen atoms in total. The van der Waals surface area contributed by atoms with Crippen molar-refractivity contribution in [2.24, 2.45) is 0 Å². The number of para-hydroxylation sites is 1. The number of thiophene rings is 1. The largest absolute Gasteiger partial charge is 0.456 e. The third kappa shape index (κ3) is 3.68. The van der Waals surface area contributed by atoms with Crippen molar-refractivity contribution >= 4 is 103 Å². The summed E-state index contributed by atoms with van der Waals surface area (Å²) in [5.41, 5.74) is 5.12. The molecule has 2 aromatic heterocycles. The van der Waals surface area contributed by atoms with Crippen LogP contribution in [0.15, 0.2) is 156 Å². The predicted molar refractivity (Wildman–Crippen MR) is 194 cm³/mol. The number of rotatable bonds is 3.